The quantitative estimate of drug-likeness (QED) is 0.366. The maximum atomic E-state index is 12.9. The minimum atomic E-state index is -0.159. The van der Waals surface area contributed by atoms with Gasteiger partial charge in [0.25, 0.3) is 10.8 Å². The van der Waals surface area contributed by atoms with Gasteiger partial charge in [-0.05, 0) is 24.6 Å². The van der Waals surface area contributed by atoms with Crippen molar-refractivity contribution in [3.05, 3.63) is 82.2 Å². The molecule has 0 saturated carbocycles. The molecule has 3 aromatic heterocycles. The summed E-state index contributed by atoms with van der Waals surface area (Å²) in [5.74, 6) is 1.05. The summed E-state index contributed by atoms with van der Waals surface area (Å²) >= 11 is 2.83. The van der Waals surface area contributed by atoms with Gasteiger partial charge in [-0.3, -0.25) is 4.79 Å². The van der Waals surface area contributed by atoms with Gasteiger partial charge in [0.05, 0.1) is 10.6 Å². The number of hydrogen-bond donors (Lipinski definition) is 1. The Balaban J connectivity index is 1.43. The number of thiophene rings is 1. The van der Waals surface area contributed by atoms with Gasteiger partial charge in [-0.2, -0.15) is 0 Å². The zero-order valence-corrected chi connectivity index (χ0v) is 17.5. The molecule has 5 rings (SSSR count). The van der Waals surface area contributed by atoms with Crippen LogP contribution in [0.4, 0.5) is 0 Å². The van der Waals surface area contributed by atoms with Gasteiger partial charge in [0.15, 0.2) is 0 Å². The van der Waals surface area contributed by atoms with Crippen LogP contribution in [0.25, 0.3) is 32.8 Å². The van der Waals surface area contributed by atoms with E-state index < -0.39 is 0 Å². The van der Waals surface area contributed by atoms with Crippen LogP contribution in [-0.4, -0.2) is 20.2 Å². The molecule has 3 heterocycles. The van der Waals surface area contributed by atoms with Gasteiger partial charge in [-0.15, -0.1) is 21.5 Å². The molecule has 0 spiro atoms. The summed E-state index contributed by atoms with van der Waals surface area (Å²) in [7, 11) is 0. The van der Waals surface area contributed by atoms with Crippen LogP contribution in [0.2, 0.25) is 0 Å². The van der Waals surface area contributed by atoms with Gasteiger partial charge < -0.3 is 9.40 Å². The second kappa shape index (κ2) is 7.89. The standard InChI is InChI=1S/C22H16N4O2S2/c1-13(30-22-26-25-20(28-22)15-10-6-3-7-11-15)18-23-19(27)17-16(12-29-21(17)24-18)14-8-4-2-5-9-14/h2-13H,1H3,(H,23,24,27). The first-order valence-corrected chi connectivity index (χ1v) is 11.1. The van der Waals surface area contributed by atoms with Crippen LogP contribution in [0.3, 0.4) is 0 Å². The summed E-state index contributed by atoms with van der Waals surface area (Å²) in [4.78, 5) is 21.2. The summed E-state index contributed by atoms with van der Waals surface area (Å²) in [6, 6.07) is 19.5. The van der Waals surface area contributed by atoms with Gasteiger partial charge in [-0.1, -0.05) is 60.3 Å². The van der Waals surface area contributed by atoms with Gasteiger partial charge in [0, 0.05) is 16.5 Å². The van der Waals surface area contributed by atoms with E-state index in [-0.39, 0.29) is 10.8 Å². The molecule has 8 heteroatoms. The maximum Gasteiger partial charge on any atom is 0.277 e. The highest BCUT2D eigenvalue weighted by Crippen LogP contribution is 2.35. The molecule has 1 N–H and O–H groups in total. The molecule has 0 radical (unpaired) electrons. The van der Waals surface area contributed by atoms with Crippen molar-refractivity contribution in [3.8, 4) is 22.6 Å². The average molecular weight is 433 g/mol. The number of hydrogen-bond acceptors (Lipinski definition) is 7. The first kappa shape index (κ1) is 18.8. The van der Waals surface area contributed by atoms with Crippen molar-refractivity contribution in [2.75, 3.05) is 0 Å². The highest BCUT2D eigenvalue weighted by Gasteiger charge is 2.19. The zero-order chi connectivity index (χ0) is 20.5. The molecule has 0 aliphatic rings. The molecule has 2 aromatic carbocycles. The van der Waals surface area contributed by atoms with E-state index in [0.717, 1.165) is 21.5 Å². The first-order valence-electron chi connectivity index (χ1n) is 9.31. The number of nitrogens with zero attached hydrogens (tertiary/aromatic N) is 3. The highest BCUT2D eigenvalue weighted by atomic mass is 32.2. The Hall–Kier alpha value is -3.23. The summed E-state index contributed by atoms with van der Waals surface area (Å²) in [5, 5.41) is 11.1. The van der Waals surface area contributed by atoms with Crippen molar-refractivity contribution in [2.45, 2.75) is 17.4 Å². The summed E-state index contributed by atoms with van der Waals surface area (Å²) < 4.78 is 5.77. The minimum Gasteiger partial charge on any atom is -0.411 e. The van der Waals surface area contributed by atoms with Crippen molar-refractivity contribution in [1.82, 2.24) is 20.2 Å². The number of nitrogens with one attached hydrogen (secondary N) is 1. The van der Waals surface area contributed by atoms with Gasteiger partial charge in [0.1, 0.15) is 10.7 Å². The monoisotopic (exact) mass is 432 g/mol. The van der Waals surface area contributed by atoms with Crippen LogP contribution >= 0.6 is 23.1 Å². The van der Waals surface area contributed by atoms with E-state index in [0.29, 0.717) is 22.3 Å². The average Bonchev–Trinajstić information content (AvgIpc) is 3.42. The second-order valence-electron chi connectivity index (χ2n) is 6.65. The fourth-order valence-corrected chi connectivity index (χ4v) is 4.85. The van der Waals surface area contributed by atoms with E-state index in [1.54, 1.807) is 0 Å². The van der Waals surface area contributed by atoms with Crippen molar-refractivity contribution in [2.24, 2.45) is 0 Å². The van der Waals surface area contributed by atoms with Gasteiger partial charge in [-0.25, -0.2) is 4.98 Å². The fourth-order valence-electron chi connectivity index (χ4n) is 3.15. The molecule has 1 unspecified atom stereocenters. The highest BCUT2D eigenvalue weighted by molar-refractivity contribution is 7.99. The van der Waals surface area contributed by atoms with E-state index in [1.807, 2.05) is 73.0 Å². The van der Waals surface area contributed by atoms with E-state index in [9.17, 15) is 4.79 Å². The number of H-pyrrole nitrogens is 1. The van der Waals surface area contributed by atoms with E-state index in [1.165, 1.54) is 23.1 Å². The van der Waals surface area contributed by atoms with Crippen LogP contribution in [0.1, 0.15) is 18.0 Å². The molecular formula is C22H16N4O2S2. The van der Waals surface area contributed by atoms with Crippen LogP contribution in [0.5, 0.6) is 0 Å². The topological polar surface area (TPSA) is 84.7 Å². The van der Waals surface area contributed by atoms with Crippen molar-refractivity contribution < 1.29 is 4.42 Å². The van der Waals surface area contributed by atoms with Crippen LogP contribution < -0.4 is 5.56 Å². The van der Waals surface area contributed by atoms with Crippen molar-refractivity contribution in [1.29, 1.82) is 0 Å². The molecule has 0 saturated heterocycles. The second-order valence-corrected chi connectivity index (χ2v) is 8.80. The fraction of sp³-hybridized carbons (Fsp3) is 0.0909. The molecule has 0 aliphatic heterocycles. The Morgan fingerprint density at radius 3 is 2.43 bits per heavy atom. The number of fused-ring (bicyclic) bond motifs is 1. The molecule has 5 aromatic rings. The molecule has 30 heavy (non-hydrogen) atoms. The Morgan fingerprint density at radius 1 is 1.00 bits per heavy atom. The van der Waals surface area contributed by atoms with Crippen LogP contribution in [0.15, 0.2) is 80.5 Å². The molecule has 1 atom stereocenters. The lowest BCUT2D eigenvalue weighted by molar-refractivity contribution is 0.465. The van der Waals surface area contributed by atoms with Crippen LogP contribution in [-0.2, 0) is 0 Å². The minimum absolute atomic E-state index is 0.141. The van der Waals surface area contributed by atoms with E-state index in [4.69, 9.17) is 9.40 Å². The molecule has 148 valence electrons. The Kier molecular flexibility index (Phi) is 4.94. The largest absolute Gasteiger partial charge is 0.411 e. The maximum absolute atomic E-state index is 12.9. The molecule has 0 fully saturated rings. The summed E-state index contributed by atoms with van der Waals surface area (Å²) in [6.45, 7) is 1.95. The van der Waals surface area contributed by atoms with Crippen molar-refractivity contribution in [3.63, 3.8) is 0 Å². The number of aromatic amines is 1. The van der Waals surface area contributed by atoms with Gasteiger partial charge >= 0.3 is 0 Å². The summed E-state index contributed by atoms with van der Waals surface area (Å²) in [5.41, 5.74) is 2.63. The third-order valence-electron chi connectivity index (χ3n) is 4.64. The third kappa shape index (κ3) is 3.55. The number of rotatable bonds is 5. The summed E-state index contributed by atoms with van der Waals surface area (Å²) in [6.07, 6.45) is 0. The number of benzene rings is 2. The third-order valence-corrected chi connectivity index (χ3v) is 6.45. The first-order chi connectivity index (χ1) is 14.7. The van der Waals surface area contributed by atoms with E-state index >= 15 is 0 Å². The Bertz CT molecular complexity index is 1360. The lowest BCUT2D eigenvalue weighted by Gasteiger charge is -2.07. The lowest BCUT2D eigenvalue weighted by atomic mass is 10.1. The molecule has 0 amide bonds. The smallest absolute Gasteiger partial charge is 0.277 e. The number of aromatic nitrogens is 4. The van der Waals surface area contributed by atoms with Crippen molar-refractivity contribution >= 4 is 33.3 Å². The Labute approximate surface area is 180 Å². The Morgan fingerprint density at radius 2 is 1.70 bits per heavy atom. The molecule has 0 bridgehead atoms. The molecule has 6 nitrogen and oxygen atoms in total. The zero-order valence-electron chi connectivity index (χ0n) is 15.9. The van der Waals surface area contributed by atoms with Gasteiger partial charge in [0.2, 0.25) is 5.89 Å². The normalized spacial score (nSPS) is 12.3. The van der Waals surface area contributed by atoms with Crippen LogP contribution in [0, 0.1) is 0 Å². The van der Waals surface area contributed by atoms with E-state index in [2.05, 4.69) is 15.2 Å². The lowest BCUT2D eigenvalue weighted by Crippen LogP contribution is -2.12. The number of thioether (sulfide) groups is 1. The molecular weight excluding hydrogens is 416 g/mol. The SMILES string of the molecule is CC(Sc1nnc(-c2ccccc2)o1)c1nc2scc(-c3ccccc3)c2c(=O)[nH]1. The predicted octanol–water partition coefficient (Wildman–Crippen LogP) is 5.55. The molecule has 0 aliphatic carbocycles. The predicted molar refractivity (Wildman–Crippen MR) is 120 cm³/mol.